The van der Waals surface area contributed by atoms with E-state index in [4.69, 9.17) is 4.98 Å². The van der Waals surface area contributed by atoms with E-state index in [1.165, 1.54) is 93.7 Å². The quantitative estimate of drug-likeness (QED) is 0.179. The van der Waals surface area contributed by atoms with Crippen LogP contribution in [0.25, 0.3) is 77.2 Å². The average molecular weight is 676 g/mol. The van der Waals surface area contributed by atoms with Gasteiger partial charge in [0.15, 0.2) is 0 Å². The summed E-state index contributed by atoms with van der Waals surface area (Å²) in [6.07, 6.45) is 1.98. The normalized spacial score (nSPS) is 13.6. The molecule has 0 saturated carbocycles. The van der Waals surface area contributed by atoms with Crippen LogP contribution in [0, 0.1) is 13.8 Å². The summed E-state index contributed by atoms with van der Waals surface area (Å²) in [5.74, 6) is 0. The lowest BCUT2D eigenvalue weighted by molar-refractivity contribution is 0.757. The molecule has 0 radical (unpaired) electrons. The van der Waals surface area contributed by atoms with Crippen molar-refractivity contribution in [2.24, 2.45) is 0 Å². The van der Waals surface area contributed by atoms with E-state index in [1.807, 2.05) is 6.20 Å². The molecule has 0 aliphatic heterocycles. The van der Waals surface area contributed by atoms with Gasteiger partial charge in [0, 0.05) is 44.7 Å². The Kier molecular flexibility index (Phi) is 5.57. The molecule has 0 amide bonds. The first-order valence-corrected chi connectivity index (χ1v) is 18.5. The molecule has 1 spiro atoms. The van der Waals surface area contributed by atoms with Crippen LogP contribution in [0.3, 0.4) is 0 Å². The minimum absolute atomic E-state index is 0.599. The molecule has 10 aromatic rings. The van der Waals surface area contributed by atoms with Crippen LogP contribution >= 0.6 is 0 Å². The van der Waals surface area contributed by atoms with Crippen molar-refractivity contribution in [3.63, 3.8) is 0 Å². The molecule has 3 heterocycles. The molecule has 12 rings (SSSR count). The van der Waals surface area contributed by atoms with Crippen LogP contribution in [-0.2, 0) is 5.41 Å². The monoisotopic (exact) mass is 675 g/mol. The zero-order valence-electron chi connectivity index (χ0n) is 29.4. The molecule has 0 atom stereocenters. The zero-order valence-corrected chi connectivity index (χ0v) is 29.4. The van der Waals surface area contributed by atoms with Crippen molar-refractivity contribution < 1.29 is 0 Å². The summed E-state index contributed by atoms with van der Waals surface area (Å²) in [5.41, 5.74) is 19.2. The van der Waals surface area contributed by atoms with Crippen molar-refractivity contribution in [2.75, 3.05) is 0 Å². The summed E-state index contributed by atoms with van der Waals surface area (Å²) < 4.78 is 4.89. The fourth-order valence-corrected chi connectivity index (χ4v) is 9.92. The van der Waals surface area contributed by atoms with Gasteiger partial charge in [0.1, 0.15) is 0 Å². The molecule has 0 saturated heterocycles. The fourth-order valence-electron chi connectivity index (χ4n) is 9.92. The average Bonchev–Trinajstić information content (AvgIpc) is 3.90. The van der Waals surface area contributed by atoms with Crippen molar-refractivity contribution in [1.29, 1.82) is 0 Å². The number of nitrogens with zero attached hydrogens (tertiary/aromatic N) is 3. The van der Waals surface area contributed by atoms with E-state index in [1.54, 1.807) is 0 Å². The van der Waals surface area contributed by atoms with Gasteiger partial charge >= 0.3 is 0 Å². The largest absolute Gasteiger partial charge is 0.309 e. The van der Waals surface area contributed by atoms with E-state index in [0.717, 1.165) is 17.1 Å². The van der Waals surface area contributed by atoms with Crippen molar-refractivity contribution >= 4 is 43.6 Å². The maximum atomic E-state index is 5.34. The van der Waals surface area contributed by atoms with Crippen LogP contribution < -0.4 is 0 Å². The lowest BCUT2D eigenvalue weighted by Crippen LogP contribution is -2.27. The minimum Gasteiger partial charge on any atom is -0.309 e. The molecule has 3 nitrogen and oxygen atoms in total. The van der Waals surface area contributed by atoms with Gasteiger partial charge in [0.25, 0.3) is 0 Å². The van der Waals surface area contributed by atoms with Crippen LogP contribution in [0.2, 0.25) is 0 Å². The van der Waals surface area contributed by atoms with Crippen LogP contribution in [0.5, 0.6) is 0 Å². The molecule has 3 heteroatoms. The Balaban J connectivity index is 1.21. The molecule has 2 aliphatic rings. The highest BCUT2D eigenvalue weighted by Gasteiger charge is 2.53. The summed E-state index contributed by atoms with van der Waals surface area (Å²) in [6, 6.07) is 58.7. The lowest BCUT2D eigenvalue weighted by atomic mass is 9.72. The Morgan fingerprint density at radius 1 is 0.396 bits per heavy atom. The van der Waals surface area contributed by atoms with Gasteiger partial charge in [0.2, 0.25) is 0 Å². The third-order valence-corrected chi connectivity index (χ3v) is 12.3. The summed E-state index contributed by atoms with van der Waals surface area (Å²) in [6.45, 7) is 4.48. The van der Waals surface area contributed by atoms with Crippen LogP contribution in [0.1, 0.15) is 33.5 Å². The standard InChI is InChI=1S/C50H33N3/c1-30-26-41-40-16-11-25-51-49(40)50(42(41)27-31(30)2)43-28-32(52-45-17-7-3-12-36(45)37-13-4-8-18-46(37)52)21-23-34(43)35-24-22-33(29-44(35)50)53-47-19-9-5-14-38(47)39-15-6-10-20-48(39)53/h3-29H,1-2H3. The maximum absolute atomic E-state index is 5.34. The van der Waals surface area contributed by atoms with Crippen LogP contribution in [0.4, 0.5) is 0 Å². The number of hydrogen-bond donors (Lipinski definition) is 0. The first kappa shape index (κ1) is 28.9. The molecule has 53 heavy (non-hydrogen) atoms. The number of benzene rings is 7. The van der Waals surface area contributed by atoms with Crippen molar-refractivity contribution in [1.82, 2.24) is 14.1 Å². The molecule has 248 valence electrons. The van der Waals surface area contributed by atoms with E-state index >= 15 is 0 Å². The van der Waals surface area contributed by atoms with Gasteiger partial charge in [-0.25, -0.2) is 0 Å². The fraction of sp³-hybridized carbons (Fsp3) is 0.0600. The number of para-hydroxylation sites is 4. The predicted octanol–water partition coefficient (Wildman–Crippen LogP) is 12.2. The number of fused-ring (bicyclic) bond motifs is 16. The molecule has 2 aliphatic carbocycles. The highest BCUT2D eigenvalue weighted by atomic mass is 15.0. The second kappa shape index (κ2) is 10.2. The van der Waals surface area contributed by atoms with Crippen LogP contribution in [-0.4, -0.2) is 14.1 Å². The second-order valence-corrected chi connectivity index (χ2v) is 14.8. The number of rotatable bonds is 2. The van der Waals surface area contributed by atoms with Gasteiger partial charge in [-0.05, 0) is 113 Å². The minimum atomic E-state index is -0.599. The Labute approximate surface area is 307 Å². The molecular formula is C50H33N3. The third-order valence-electron chi connectivity index (χ3n) is 12.3. The van der Waals surface area contributed by atoms with Crippen molar-refractivity contribution in [2.45, 2.75) is 19.3 Å². The number of hydrogen-bond acceptors (Lipinski definition) is 1. The van der Waals surface area contributed by atoms with Gasteiger partial charge < -0.3 is 9.13 Å². The van der Waals surface area contributed by atoms with E-state index in [0.29, 0.717) is 0 Å². The highest BCUT2D eigenvalue weighted by Crippen LogP contribution is 2.63. The SMILES string of the molecule is Cc1cc2c(cc1C)C1(c3cc(-n4c5ccccc5c5ccccc54)ccc3-c3ccc(-n4c5ccccc5c5ccccc54)cc31)c1ncccc1-2. The lowest BCUT2D eigenvalue weighted by Gasteiger charge is -2.30. The zero-order chi connectivity index (χ0) is 35.0. The topological polar surface area (TPSA) is 22.8 Å². The number of pyridine rings is 1. The number of aryl methyl sites for hydroxylation is 2. The molecule has 0 bridgehead atoms. The third kappa shape index (κ3) is 3.57. The maximum Gasteiger partial charge on any atom is 0.0899 e. The van der Waals surface area contributed by atoms with E-state index in [9.17, 15) is 0 Å². The Morgan fingerprint density at radius 2 is 0.830 bits per heavy atom. The van der Waals surface area contributed by atoms with Crippen LogP contribution in [0.15, 0.2) is 164 Å². The van der Waals surface area contributed by atoms with E-state index < -0.39 is 5.41 Å². The Hall–Kier alpha value is -6.71. The van der Waals surface area contributed by atoms with E-state index in [-0.39, 0.29) is 0 Å². The van der Waals surface area contributed by atoms with Gasteiger partial charge in [0.05, 0.1) is 33.2 Å². The Morgan fingerprint density at radius 3 is 1.32 bits per heavy atom. The van der Waals surface area contributed by atoms with Gasteiger partial charge in [-0.3, -0.25) is 4.98 Å². The van der Waals surface area contributed by atoms with Crippen molar-refractivity contribution in [3.05, 3.63) is 197 Å². The molecular weight excluding hydrogens is 643 g/mol. The second-order valence-electron chi connectivity index (χ2n) is 14.8. The summed E-state index contributed by atoms with van der Waals surface area (Å²) in [4.78, 5) is 5.34. The summed E-state index contributed by atoms with van der Waals surface area (Å²) in [5, 5.41) is 5.06. The highest BCUT2D eigenvalue weighted by molar-refractivity contribution is 6.10. The molecule has 0 N–H and O–H groups in total. The molecule has 7 aromatic carbocycles. The van der Waals surface area contributed by atoms with Gasteiger partial charge in [-0.2, -0.15) is 0 Å². The molecule has 0 fully saturated rings. The van der Waals surface area contributed by atoms with Gasteiger partial charge in [-0.15, -0.1) is 0 Å². The summed E-state index contributed by atoms with van der Waals surface area (Å²) in [7, 11) is 0. The first-order valence-electron chi connectivity index (χ1n) is 18.5. The summed E-state index contributed by atoms with van der Waals surface area (Å²) >= 11 is 0. The van der Waals surface area contributed by atoms with Gasteiger partial charge in [-0.1, -0.05) is 103 Å². The van der Waals surface area contributed by atoms with E-state index in [2.05, 4.69) is 181 Å². The molecule has 0 unspecified atom stereocenters. The smallest absolute Gasteiger partial charge is 0.0899 e. The number of aromatic nitrogens is 3. The first-order chi connectivity index (χ1) is 26.1. The van der Waals surface area contributed by atoms with Crippen molar-refractivity contribution in [3.8, 4) is 33.6 Å². The Bertz CT molecular complexity index is 2940. The predicted molar refractivity (Wildman–Crippen MR) is 219 cm³/mol. The molecule has 3 aromatic heterocycles.